The molecule has 9 nitrogen and oxygen atoms in total. The highest BCUT2D eigenvalue weighted by Gasteiger charge is 2.30. The van der Waals surface area contributed by atoms with Crippen molar-refractivity contribution >= 4 is 23.2 Å². The van der Waals surface area contributed by atoms with Crippen molar-refractivity contribution in [3.63, 3.8) is 0 Å². The fourth-order valence-corrected chi connectivity index (χ4v) is 5.71. The molecule has 5 rings (SSSR count). The zero-order valence-electron chi connectivity index (χ0n) is 25.0. The number of aliphatic hydroxyl groups excluding tert-OH is 1. The Balaban J connectivity index is 1.11. The topological polar surface area (TPSA) is 101 Å². The Morgan fingerprint density at radius 3 is 2.63 bits per heavy atom. The Hall–Kier alpha value is -3.92. The molecule has 228 valence electrons. The van der Waals surface area contributed by atoms with E-state index in [9.17, 15) is 14.7 Å². The van der Waals surface area contributed by atoms with Gasteiger partial charge < -0.3 is 34.4 Å². The Bertz CT molecular complexity index is 1390. The summed E-state index contributed by atoms with van der Waals surface area (Å²) in [5.74, 6) is 1.51. The van der Waals surface area contributed by atoms with E-state index in [4.69, 9.17) is 14.2 Å². The van der Waals surface area contributed by atoms with E-state index in [0.717, 1.165) is 65.4 Å². The van der Waals surface area contributed by atoms with Gasteiger partial charge in [-0.2, -0.15) is 0 Å². The molecule has 9 heteroatoms. The number of fused-ring (bicyclic) bond motifs is 1. The first-order valence-corrected chi connectivity index (χ1v) is 15.0. The van der Waals surface area contributed by atoms with Crippen LogP contribution < -0.4 is 24.6 Å². The minimum Gasteiger partial charge on any atom is -0.494 e. The van der Waals surface area contributed by atoms with Crippen LogP contribution >= 0.6 is 0 Å². The number of anilines is 2. The molecule has 3 aromatic rings. The standard InChI is InChI=1S/C34H41N3O6/c1-24(38)32-9-4-3-7-27(32)22-41-17-6-18-42-30-12-10-28(11-13-30)37-29(20-35-21-34(37)40)23-43-31-14-15-33-26(19-31)8-5-16-36(33)25(2)39/h3-4,7,9-15,19,24,29,35,38H,5-6,8,16-18,20-23H2,1-2H3/t24?,29-/m1/s1. The van der Waals surface area contributed by atoms with Crippen molar-refractivity contribution in [3.05, 3.63) is 83.4 Å². The van der Waals surface area contributed by atoms with Crippen molar-refractivity contribution in [3.8, 4) is 11.5 Å². The molecule has 2 atom stereocenters. The van der Waals surface area contributed by atoms with Gasteiger partial charge in [0.1, 0.15) is 18.1 Å². The molecule has 2 N–H and O–H groups in total. The Morgan fingerprint density at radius 2 is 1.84 bits per heavy atom. The number of nitrogens with zero attached hydrogens (tertiary/aromatic N) is 2. The average molecular weight is 588 g/mol. The lowest BCUT2D eigenvalue weighted by Gasteiger charge is -2.36. The zero-order chi connectivity index (χ0) is 30.2. The quantitative estimate of drug-likeness (QED) is 0.303. The fraction of sp³-hybridized carbons (Fsp3) is 0.412. The number of nitrogens with one attached hydrogen (secondary N) is 1. The van der Waals surface area contributed by atoms with Gasteiger partial charge >= 0.3 is 0 Å². The van der Waals surface area contributed by atoms with Crippen LogP contribution in [0.5, 0.6) is 11.5 Å². The zero-order valence-corrected chi connectivity index (χ0v) is 25.0. The molecule has 2 aliphatic heterocycles. The molecule has 1 fully saturated rings. The highest BCUT2D eigenvalue weighted by molar-refractivity contribution is 5.96. The smallest absolute Gasteiger partial charge is 0.241 e. The summed E-state index contributed by atoms with van der Waals surface area (Å²) in [5.41, 5.74) is 4.74. The van der Waals surface area contributed by atoms with Crippen LogP contribution in [0.4, 0.5) is 11.4 Å². The molecular weight excluding hydrogens is 546 g/mol. The number of carbonyl (C=O) groups is 2. The minimum absolute atomic E-state index is 0.00891. The number of ether oxygens (including phenoxy) is 3. The molecule has 2 heterocycles. The van der Waals surface area contributed by atoms with E-state index in [2.05, 4.69) is 5.32 Å². The van der Waals surface area contributed by atoms with E-state index in [1.54, 1.807) is 18.7 Å². The third-order valence-electron chi connectivity index (χ3n) is 7.86. The van der Waals surface area contributed by atoms with Crippen molar-refractivity contribution < 1.29 is 28.9 Å². The number of carbonyl (C=O) groups excluding carboxylic acids is 2. The maximum absolute atomic E-state index is 12.9. The summed E-state index contributed by atoms with van der Waals surface area (Å²) in [7, 11) is 0. The SMILES string of the molecule is CC(=O)N1CCCc2cc(OC[C@H]3CNCC(=O)N3c3ccc(OCCCOCc4ccccc4C(C)O)cc3)ccc21. The summed E-state index contributed by atoms with van der Waals surface area (Å²) in [6.07, 6.45) is 2.04. The second-order valence-electron chi connectivity index (χ2n) is 11.0. The van der Waals surface area contributed by atoms with Crippen LogP contribution in [-0.2, 0) is 27.4 Å². The van der Waals surface area contributed by atoms with Crippen molar-refractivity contribution in [1.82, 2.24) is 5.32 Å². The van der Waals surface area contributed by atoms with Gasteiger partial charge in [0.25, 0.3) is 0 Å². The molecule has 1 unspecified atom stereocenters. The molecule has 0 aromatic heterocycles. The van der Waals surface area contributed by atoms with Gasteiger partial charge in [-0.25, -0.2) is 0 Å². The third-order valence-corrected chi connectivity index (χ3v) is 7.86. The first-order chi connectivity index (χ1) is 20.9. The number of amides is 2. The predicted octanol–water partition coefficient (Wildman–Crippen LogP) is 4.41. The number of benzene rings is 3. The number of piperazine rings is 1. The van der Waals surface area contributed by atoms with Crippen LogP contribution in [0.25, 0.3) is 0 Å². The summed E-state index contributed by atoms with van der Waals surface area (Å²) < 4.78 is 17.9. The number of rotatable bonds is 12. The Morgan fingerprint density at radius 1 is 1.05 bits per heavy atom. The summed E-state index contributed by atoms with van der Waals surface area (Å²) in [5, 5.41) is 13.1. The van der Waals surface area contributed by atoms with Crippen LogP contribution in [0.1, 0.15) is 49.5 Å². The molecule has 0 spiro atoms. The van der Waals surface area contributed by atoms with E-state index in [1.165, 1.54) is 0 Å². The summed E-state index contributed by atoms with van der Waals surface area (Å²) >= 11 is 0. The van der Waals surface area contributed by atoms with Gasteiger partial charge in [-0.05, 0) is 78.9 Å². The first-order valence-electron chi connectivity index (χ1n) is 15.0. The van der Waals surface area contributed by atoms with E-state index in [0.29, 0.717) is 33.0 Å². The van der Waals surface area contributed by atoms with E-state index < -0.39 is 6.10 Å². The van der Waals surface area contributed by atoms with Crippen molar-refractivity contribution in [2.45, 2.75) is 51.9 Å². The van der Waals surface area contributed by atoms with Crippen molar-refractivity contribution in [2.75, 3.05) is 49.3 Å². The molecule has 0 saturated carbocycles. The van der Waals surface area contributed by atoms with Crippen LogP contribution in [0.3, 0.4) is 0 Å². The summed E-state index contributed by atoms with van der Waals surface area (Å²) in [6, 6.07) is 21.0. The van der Waals surface area contributed by atoms with Gasteiger partial charge in [0.15, 0.2) is 0 Å². The summed E-state index contributed by atoms with van der Waals surface area (Å²) in [4.78, 5) is 28.5. The number of hydrogen-bond donors (Lipinski definition) is 2. The number of aryl methyl sites for hydroxylation is 1. The predicted molar refractivity (Wildman–Crippen MR) is 166 cm³/mol. The first kappa shape index (κ1) is 30.5. The maximum Gasteiger partial charge on any atom is 0.241 e. The maximum atomic E-state index is 12.9. The third kappa shape index (κ3) is 7.73. The van der Waals surface area contributed by atoms with Crippen LogP contribution in [0, 0.1) is 0 Å². The highest BCUT2D eigenvalue weighted by atomic mass is 16.5. The molecule has 0 aliphatic carbocycles. The Labute approximate surface area is 253 Å². The second kappa shape index (κ2) is 14.5. The lowest BCUT2D eigenvalue weighted by molar-refractivity contribution is -0.119. The fourth-order valence-electron chi connectivity index (χ4n) is 5.71. The second-order valence-corrected chi connectivity index (χ2v) is 11.0. The van der Waals surface area contributed by atoms with E-state index in [-0.39, 0.29) is 24.4 Å². The van der Waals surface area contributed by atoms with Gasteiger partial charge in [0.2, 0.25) is 11.8 Å². The van der Waals surface area contributed by atoms with Crippen molar-refractivity contribution in [2.24, 2.45) is 0 Å². The molecule has 1 saturated heterocycles. The largest absolute Gasteiger partial charge is 0.494 e. The minimum atomic E-state index is -0.527. The molecule has 43 heavy (non-hydrogen) atoms. The average Bonchev–Trinajstić information content (AvgIpc) is 3.01. The number of aliphatic hydroxyl groups is 1. The van der Waals surface area contributed by atoms with Crippen LogP contribution in [0.2, 0.25) is 0 Å². The lowest BCUT2D eigenvalue weighted by atomic mass is 10.0. The molecule has 0 radical (unpaired) electrons. The van der Waals surface area contributed by atoms with Crippen LogP contribution in [-0.4, -0.2) is 62.4 Å². The van der Waals surface area contributed by atoms with Crippen molar-refractivity contribution in [1.29, 1.82) is 0 Å². The lowest BCUT2D eigenvalue weighted by Crippen LogP contribution is -2.57. The van der Waals surface area contributed by atoms with Gasteiger partial charge in [-0.3, -0.25) is 9.59 Å². The van der Waals surface area contributed by atoms with Crippen LogP contribution in [0.15, 0.2) is 66.7 Å². The Kier molecular flexibility index (Phi) is 10.3. The van der Waals surface area contributed by atoms with E-state index in [1.807, 2.05) is 71.6 Å². The molecular formula is C34H41N3O6. The molecule has 3 aromatic carbocycles. The monoisotopic (exact) mass is 587 g/mol. The molecule has 0 bridgehead atoms. The normalized spacial score (nSPS) is 17.4. The van der Waals surface area contributed by atoms with Gasteiger partial charge in [0.05, 0.1) is 38.5 Å². The highest BCUT2D eigenvalue weighted by Crippen LogP contribution is 2.31. The van der Waals surface area contributed by atoms with Gasteiger partial charge in [-0.1, -0.05) is 24.3 Å². The van der Waals surface area contributed by atoms with Gasteiger partial charge in [-0.15, -0.1) is 0 Å². The molecule has 2 amide bonds. The summed E-state index contributed by atoms with van der Waals surface area (Å²) in [6.45, 7) is 6.83. The molecule has 2 aliphatic rings. The van der Waals surface area contributed by atoms with Gasteiger partial charge in [0, 0.05) is 37.8 Å². The van der Waals surface area contributed by atoms with E-state index >= 15 is 0 Å². The number of hydrogen-bond acceptors (Lipinski definition) is 7.